The fraction of sp³-hybridized carbons (Fsp3) is 0.733. The Bertz CT molecular complexity index is 455. The first-order valence-corrected chi connectivity index (χ1v) is 7.18. The van der Waals surface area contributed by atoms with E-state index in [0.717, 1.165) is 12.8 Å². The van der Waals surface area contributed by atoms with Crippen LogP contribution >= 0.6 is 0 Å². The Morgan fingerprint density at radius 1 is 1.45 bits per heavy atom. The second-order valence-corrected chi connectivity index (χ2v) is 6.24. The quantitative estimate of drug-likeness (QED) is 0.563. The SMILES string of the molecule is C=C(COC(C)C)C(=O)OC1C2CC3C(=O)OC1C3C2. The predicted octanol–water partition coefficient (Wildman–Crippen LogP) is 1.46. The Kier molecular flexibility index (Phi) is 3.32. The van der Waals surface area contributed by atoms with Crippen molar-refractivity contribution in [2.45, 2.75) is 45.0 Å². The molecular formula is C15H20O5. The van der Waals surface area contributed by atoms with E-state index in [-0.39, 0.29) is 48.6 Å². The lowest BCUT2D eigenvalue weighted by molar-refractivity contribution is -0.158. The Hall–Kier alpha value is -1.36. The number of esters is 2. The summed E-state index contributed by atoms with van der Waals surface area (Å²) in [6.07, 6.45) is 1.21. The van der Waals surface area contributed by atoms with Crippen LogP contribution in [0.3, 0.4) is 0 Å². The first kappa shape index (κ1) is 13.6. The minimum Gasteiger partial charge on any atom is -0.458 e. The average Bonchev–Trinajstić information content (AvgIpc) is 3.00. The number of carbonyl (C=O) groups is 2. The van der Waals surface area contributed by atoms with Crippen molar-refractivity contribution in [3.05, 3.63) is 12.2 Å². The second kappa shape index (κ2) is 4.88. The summed E-state index contributed by atoms with van der Waals surface area (Å²) in [6.45, 7) is 7.66. The van der Waals surface area contributed by atoms with Gasteiger partial charge in [-0.25, -0.2) is 4.79 Å². The number of hydrogen-bond acceptors (Lipinski definition) is 5. The first-order valence-electron chi connectivity index (χ1n) is 7.18. The Balaban J connectivity index is 1.58. The van der Waals surface area contributed by atoms with Gasteiger partial charge in [0.05, 0.1) is 24.2 Å². The van der Waals surface area contributed by atoms with Crippen LogP contribution in [0.2, 0.25) is 0 Å². The number of fused-ring (bicyclic) bond motifs is 1. The molecule has 0 spiro atoms. The molecule has 0 radical (unpaired) electrons. The van der Waals surface area contributed by atoms with Gasteiger partial charge in [-0.2, -0.15) is 0 Å². The van der Waals surface area contributed by atoms with Crippen LogP contribution < -0.4 is 0 Å². The van der Waals surface area contributed by atoms with Gasteiger partial charge in [-0.05, 0) is 26.7 Å². The summed E-state index contributed by atoms with van der Waals surface area (Å²) >= 11 is 0. The third-order valence-corrected chi connectivity index (χ3v) is 4.54. The molecule has 3 aliphatic rings. The van der Waals surface area contributed by atoms with Gasteiger partial charge in [0.2, 0.25) is 0 Å². The lowest BCUT2D eigenvalue weighted by Gasteiger charge is -2.25. The van der Waals surface area contributed by atoms with Crippen molar-refractivity contribution in [3.63, 3.8) is 0 Å². The highest BCUT2D eigenvalue weighted by molar-refractivity contribution is 5.88. The van der Waals surface area contributed by atoms with E-state index in [1.54, 1.807) is 0 Å². The molecule has 3 fully saturated rings. The summed E-state index contributed by atoms with van der Waals surface area (Å²) in [6, 6.07) is 0. The largest absolute Gasteiger partial charge is 0.458 e. The molecule has 5 nitrogen and oxygen atoms in total. The molecule has 1 aliphatic heterocycles. The topological polar surface area (TPSA) is 61.8 Å². The van der Waals surface area contributed by atoms with Crippen molar-refractivity contribution in [1.82, 2.24) is 0 Å². The standard InChI is InChI=1S/C15H20O5/c1-7(2)18-6-8(3)14(16)19-12-9-4-10-11(5-9)15(17)20-13(10)12/h7,9-13H,3-6H2,1-2H3. The zero-order valence-electron chi connectivity index (χ0n) is 11.8. The number of rotatable bonds is 5. The lowest BCUT2D eigenvalue weighted by Crippen LogP contribution is -2.36. The molecule has 3 rings (SSSR count). The second-order valence-electron chi connectivity index (χ2n) is 6.24. The first-order chi connectivity index (χ1) is 9.47. The molecule has 1 saturated heterocycles. The van der Waals surface area contributed by atoms with E-state index in [4.69, 9.17) is 14.2 Å². The lowest BCUT2D eigenvalue weighted by atomic mass is 9.88. The van der Waals surface area contributed by atoms with Crippen LogP contribution in [-0.2, 0) is 23.8 Å². The molecule has 5 atom stereocenters. The molecule has 0 aromatic rings. The Labute approximate surface area is 118 Å². The van der Waals surface area contributed by atoms with Crippen molar-refractivity contribution >= 4 is 11.9 Å². The highest BCUT2D eigenvalue weighted by Gasteiger charge is 2.63. The fourth-order valence-corrected chi connectivity index (χ4v) is 3.60. The maximum atomic E-state index is 12.0. The van der Waals surface area contributed by atoms with Crippen molar-refractivity contribution in [2.75, 3.05) is 6.61 Å². The molecule has 1 heterocycles. The zero-order valence-corrected chi connectivity index (χ0v) is 11.8. The van der Waals surface area contributed by atoms with Crippen LogP contribution in [-0.4, -0.2) is 36.9 Å². The molecular weight excluding hydrogens is 260 g/mol. The van der Waals surface area contributed by atoms with Crippen LogP contribution in [0.1, 0.15) is 26.7 Å². The van der Waals surface area contributed by atoms with E-state index in [1.165, 1.54) is 0 Å². The minimum absolute atomic E-state index is 0.0347. The van der Waals surface area contributed by atoms with E-state index < -0.39 is 5.97 Å². The molecule has 2 saturated carbocycles. The molecule has 5 unspecified atom stereocenters. The van der Waals surface area contributed by atoms with E-state index in [9.17, 15) is 9.59 Å². The molecule has 0 aromatic heterocycles. The molecule has 0 N–H and O–H groups in total. The van der Waals surface area contributed by atoms with Crippen LogP contribution in [0.4, 0.5) is 0 Å². The fourth-order valence-electron chi connectivity index (χ4n) is 3.60. The molecule has 0 aromatic carbocycles. The van der Waals surface area contributed by atoms with Gasteiger partial charge < -0.3 is 14.2 Å². The molecule has 2 aliphatic carbocycles. The minimum atomic E-state index is -0.442. The van der Waals surface area contributed by atoms with Gasteiger partial charge in [0.25, 0.3) is 0 Å². The number of carbonyl (C=O) groups excluding carboxylic acids is 2. The van der Waals surface area contributed by atoms with Crippen LogP contribution in [0, 0.1) is 17.8 Å². The highest BCUT2D eigenvalue weighted by Crippen LogP contribution is 2.55. The summed E-state index contributed by atoms with van der Waals surface area (Å²) in [7, 11) is 0. The van der Waals surface area contributed by atoms with Crippen molar-refractivity contribution in [3.8, 4) is 0 Å². The highest BCUT2D eigenvalue weighted by atomic mass is 16.6. The monoisotopic (exact) mass is 280 g/mol. The number of ether oxygens (including phenoxy) is 3. The van der Waals surface area contributed by atoms with E-state index in [2.05, 4.69) is 6.58 Å². The Morgan fingerprint density at radius 3 is 2.90 bits per heavy atom. The molecule has 0 amide bonds. The third kappa shape index (κ3) is 2.14. The molecule has 5 heteroatoms. The van der Waals surface area contributed by atoms with Crippen molar-refractivity contribution in [2.24, 2.45) is 17.8 Å². The van der Waals surface area contributed by atoms with Gasteiger partial charge in [-0.15, -0.1) is 0 Å². The zero-order chi connectivity index (χ0) is 14.4. The third-order valence-electron chi connectivity index (χ3n) is 4.54. The van der Waals surface area contributed by atoms with Crippen LogP contribution in [0.5, 0.6) is 0 Å². The van der Waals surface area contributed by atoms with Gasteiger partial charge >= 0.3 is 11.9 Å². The molecule has 110 valence electrons. The van der Waals surface area contributed by atoms with Crippen molar-refractivity contribution < 1.29 is 23.8 Å². The van der Waals surface area contributed by atoms with E-state index >= 15 is 0 Å². The van der Waals surface area contributed by atoms with Gasteiger partial charge in [-0.1, -0.05) is 6.58 Å². The van der Waals surface area contributed by atoms with Gasteiger partial charge in [0, 0.05) is 11.8 Å². The maximum absolute atomic E-state index is 12.0. The normalized spacial score (nSPS) is 37.4. The van der Waals surface area contributed by atoms with Gasteiger partial charge in [0.1, 0.15) is 12.2 Å². The summed E-state index contributed by atoms with van der Waals surface area (Å²) in [5.74, 6) is -0.0344. The van der Waals surface area contributed by atoms with Crippen molar-refractivity contribution in [1.29, 1.82) is 0 Å². The summed E-state index contributed by atoms with van der Waals surface area (Å²) in [4.78, 5) is 23.6. The maximum Gasteiger partial charge on any atom is 0.336 e. The smallest absolute Gasteiger partial charge is 0.336 e. The number of hydrogen-bond donors (Lipinski definition) is 0. The van der Waals surface area contributed by atoms with Gasteiger partial charge in [0.15, 0.2) is 0 Å². The summed E-state index contributed by atoms with van der Waals surface area (Å²) < 4.78 is 16.2. The summed E-state index contributed by atoms with van der Waals surface area (Å²) in [5, 5.41) is 0. The molecule has 20 heavy (non-hydrogen) atoms. The van der Waals surface area contributed by atoms with Crippen LogP contribution in [0.15, 0.2) is 12.2 Å². The van der Waals surface area contributed by atoms with E-state index in [0.29, 0.717) is 5.57 Å². The van der Waals surface area contributed by atoms with E-state index in [1.807, 2.05) is 13.8 Å². The van der Waals surface area contributed by atoms with Gasteiger partial charge in [-0.3, -0.25) is 4.79 Å². The predicted molar refractivity (Wildman–Crippen MR) is 69.7 cm³/mol. The summed E-state index contributed by atoms with van der Waals surface area (Å²) in [5.41, 5.74) is 0.308. The Morgan fingerprint density at radius 2 is 2.20 bits per heavy atom. The average molecular weight is 280 g/mol. The van der Waals surface area contributed by atoms with Crippen LogP contribution in [0.25, 0.3) is 0 Å². The molecule has 2 bridgehead atoms.